The number of rotatable bonds is 7. The highest BCUT2D eigenvalue weighted by Gasteiger charge is 2.02. The number of hydrogen-bond acceptors (Lipinski definition) is 3. The van der Waals surface area contributed by atoms with Gasteiger partial charge in [-0.25, -0.2) is 4.99 Å². The number of aliphatic imine (C=N–C) groups is 1. The Bertz CT molecular complexity index is 613. The van der Waals surface area contributed by atoms with Gasteiger partial charge in [-0.1, -0.05) is 24.3 Å². The summed E-state index contributed by atoms with van der Waals surface area (Å²) in [4.78, 5) is 8.94. The van der Waals surface area contributed by atoms with E-state index >= 15 is 0 Å². The molecule has 1 aromatic carbocycles. The quantitative estimate of drug-likeness (QED) is 0.609. The summed E-state index contributed by atoms with van der Waals surface area (Å²) >= 11 is 0. The smallest absolute Gasteiger partial charge is 0.191 e. The highest BCUT2D eigenvalue weighted by Crippen LogP contribution is 2.17. The first kappa shape index (κ1) is 16.8. The number of para-hydroxylation sites is 1. The van der Waals surface area contributed by atoms with Gasteiger partial charge in [0.15, 0.2) is 5.96 Å². The van der Waals surface area contributed by atoms with Crippen LogP contribution in [0.5, 0.6) is 5.75 Å². The van der Waals surface area contributed by atoms with Crippen LogP contribution < -0.4 is 15.4 Å². The molecule has 1 heterocycles. The Hall–Kier alpha value is -2.56. The summed E-state index contributed by atoms with van der Waals surface area (Å²) < 4.78 is 5.36. The summed E-state index contributed by atoms with van der Waals surface area (Å²) in [6.07, 6.45) is 2.68. The summed E-state index contributed by atoms with van der Waals surface area (Å²) in [7, 11) is 1.68. The molecular formula is C18H24N4O. The Morgan fingerprint density at radius 2 is 1.96 bits per heavy atom. The molecule has 0 aliphatic rings. The van der Waals surface area contributed by atoms with Crippen molar-refractivity contribution in [1.29, 1.82) is 0 Å². The van der Waals surface area contributed by atoms with Crippen molar-refractivity contribution in [1.82, 2.24) is 15.6 Å². The normalized spacial score (nSPS) is 11.1. The topological polar surface area (TPSA) is 58.5 Å². The Labute approximate surface area is 137 Å². The van der Waals surface area contributed by atoms with Crippen LogP contribution in [0.3, 0.4) is 0 Å². The standard InChI is InChI=1S/C18H24N4O/c1-3-19-18(21-13-11-16-9-6-7-12-20-16)22-14-15-8-4-5-10-17(15)23-2/h4-10,12H,3,11,13-14H2,1-2H3,(H2,19,21,22). The predicted molar refractivity (Wildman–Crippen MR) is 93.8 cm³/mol. The highest BCUT2D eigenvalue weighted by molar-refractivity contribution is 5.79. The predicted octanol–water partition coefficient (Wildman–Crippen LogP) is 2.39. The number of aromatic nitrogens is 1. The van der Waals surface area contributed by atoms with E-state index in [4.69, 9.17) is 4.74 Å². The highest BCUT2D eigenvalue weighted by atomic mass is 16.5. The number of guanidine groups is 1. The van der Waals surface area contributed by atoms with Crippen LogP contribution in [-0.2, 0) is 13.0 Å². The molecule has 5 heteroatoms. The second-order valence-corrected chi connectivity index (χ2v) is 5.00. The van der Waals surface area contributed by atoms with Crippen molar-refractivity contribution in [2.24, 2.45) is 4.99 Å². The molecule has 122 valence electrons. The SMILES string of the molecule is CCNC(=NCc1ccccc1OC)NCCc1ccccn1. The molecule has 1 aromatic heterocycles. The lowest BCUT2D eigenvalue weighted by atomic mass is 10.2. The number of nitrogens with one attached hydrogen (secondary N) is 2. The van der Waals surface area contributed by atoms with Gasteiger partial charge < -0.3 is 15.4 Å². The van der Waals surface area contributed by atoms with E-state index in [9.17, 15) is 0 Å². The van der Waals surface area contributed by atoms with Gasteiger partial charge in [0.25, 0.3) is 0 Å². The van der Waals surface area contributed by atoms with Gasteiger partial charge in [-0.2, -0.15) is 0 Å². The Morgan fingerprint density at radius 1 is 1.13 bits per heavy atom. The molecule has 0 atom stereocenters. The largest absolute Gasteiger partial charge is 0.496 e. The van der Waals surface area contributed by atoms with Crippen molar-refractivity contribution < 1.29 is 4.74 Å². The Balaban J connectivity index is 1.91. The van der Waals surface area contributed by atoms with E-state index in [-0.39, 0.29) is 0 Å². The molecule has 0 fully saturated rings. The summed E-state index contributed by atoms with van der Waals surface area (Å²) in [5, 5.41) is 6.59. The fourth-order valence-corrected chi connectivity index (χ4v) is 2.19. The van der Waals surface area contributed by atoms with Crippen LogP contribution in [0.1, 0.15) is 18.2 Å². The summed E-state index contributed by atoms with van der Waals surface area (Å²) in [6, 6.07) is 13.9. The lowest BCUT2D eigenvalue weighted by Gasteiger charge is -2.12. The van der Waals surface area contributed by atoms with Crippen LogP contribution in [0.25, 0.3) is 0 Å². The third kappa shape index (κ3) is 5.62. The van der Waals surface area contributed by atoms with Gasteiger partial charge in [0.05, 0.1) is 13.7 Å². The molecule has 23 heavy (non-hydrogen) atoms. The lowest BCUT2D eigenvalue weighted by Crippen LogP contribution is -2.38. The Morgan fingerprint density at radius 3 is 2.70 bits per heavy atom. The van der Waals surface area contributed by atoms with Gasteiger partial charge in [0.2, 0.25) is 0 Å². The van der Waals surface area contributed by atoms with Crippen molar-refractivity contribution in [3.8, 4) is 5.75 Å². The number of nitrogens with zero attached hydrogens (tertiary/aromatic N) is 2. The van der Waals surface area contributed by atoms with Crippen molar-refractivity contribution in [2.45, 2.75) is 19.9 Å². The first-order chi connectivity index (χ1) is 11.3. The van der Waals surface area contributed by atoms with Crippen molar-refractivity contribution in [3.63, 3.8) is 0 Å². The third-order valence-electron chi connectivity index (χ3n) is 3.34. The van der Waals surface area contributed by atoms with E-state index in [2.05, 4.69) is 27.5 Å². The van der Waals surface area contributed by atoms with Crippen LogP contribution in [0.4, 0.5) is 0 Å². The molecule has 0 saturated carbocycles. The van der Waals surface area contributed by atoms with Gasteiger partial charge in [0, 0.05) is 37.0 Å². The maximum atomic E-state index is 5.36. The molecular weight excluding hydrogens is 288 g/mol. The number of ether oxygens (including phenoxy) is 1. The molecule has 0 saturated heterocycles. The maximum absolute atomic E-state index is 5.36. The molecule has 5 nitrogen and oxygen atoms in total. The van der Waals surface area contributed by atoms with Crippen LogP contribution in [0.2, 0.25) is 0 Å². The minimum atomic E-state index is 0.572. The van der Waals surface area contributed by atoms with Crippen molar-refractivity contribution in [3.05, 3.63) is 59.9 Å². The fraction of sp³-hybridized carbons (Fsp3) is 0.333. The third-order valence-corrected chi connectivity index (χ3v) is 3.34. The van der Waals surface area contributed by atoms with E-state index in [1.54, 1.807) is 7.11 Å². The number of benzene rings is 1. The van der Waals surface area contributed by atoms with Gasteiger partial charge in [-0.15, -0.1) is 0 Å². The zero-order valence-corrected chi connectivity index (χ0v) is 13.7. The minimum absolute atomic E-state index is 0.572. The lowest BCUT2D eigenvalue weighted by molar-refractivity contribution is 0.410. The van der Waals surface area contributed by atoms with E-state index < -0.39 is 0 Å². The second kappa shape index (κ2) is 9.46. The minimum Gasteiger partial charge on any atom is -0.496 e. The van der Waals surface area contributed by atoms with E-state index in [1.807, 2.05) is 48.7 Å². The summed E-state index contributed by atoms with van der Waals surface area (Å²) in [6.45, 7) is 4.23. The van der Waals surface area contributed by atoms with E-state index in [0.717, 1.165) is 42.5 Å². The average molecular weight is 312 g/mol. The Kier molecular flexibility index (Phi) is 6.91. The van der Waals surface area contributed by atoms with E-state index in [1.165, 1.54) is 0 Å². The van der Waals surface area contributed by atoms with Crippen LogP contribution in [0.15, 0.2) is 53.7 Å². The first-order valence-electron chi connectivity index (χ1n) is 7.87. The van der Waals surface area contributed by atoms with Crippen LogP contribution >= 0.6 is 0 Å². The number of hydrogen-bond donors (Lipinski definition) is 2. The summed E-state index contributed by atoms with van der Waals surface area (Å²) in [5.74, 6) is 1.66. The number of pyridine rings is 1. The van der Waals surface area contributed by atoms with E-state index in [0.29, 0.717) is 6.54 Å². The molecule has 0 aliphatic carbocycles. The molecule has 2 aromatic rings. The van der Waals surface area contributed by atoms with Gasteiger partial charge in [-0.05, 0) is 25.1 Å². The second-order valence-electron chi connectivity index (χ2n) is 5.00. The zero-order valence-electron chi connectivity index (χ0n) is 13.7. The molecule has 0 bridgehead atoms. The molecule has 2 N–H and O–H groups in total. The first-order valence-corrected chi connectivity index (χ1v) is 7.87. The van der Waals surface area contributed by atoms with Crippen LogP contribution in [0, 0.1) is 0 Å². The monoisotopic (exact) mass is 312 g/mol. The fourth-order valence-electron chi connectivity index (χ4n) is 2.19. The summed E-state index contributed by atoms with van der Waals surface area (Å²) in [5.41, 5.74) is 2.14. The van der Waals surface area contributed by atoms with Gasteiger partial charge in [0.1, 0.15) is 5.75 Å². The zero-order chi connectivity index (χ0) is 16.3. The molecule has 0 aliphatic heterocycles. The molecule has 0 unspecified atom stereocenters. The molecule has 2 rings (SSSR count). The van der Waals surface area contributed by atoms with Gasteiger partial charge in [-0.3, -0.25) is 4.98 Å². The number of methoxy groups -OCH3 is 1. The van der Waals surface area contributed by atoms with Crippen molar-refractivity contribution >= 4 is 5.96 Å². The molecule has 0 amide bonds. The average Bonchev–Trinajstić information content (AvgIpc) is 2.61. The maximum Gasteiger partial charge on any atom is 0.191 e. The molecule has 0 spiro atoms. The molecule has 0 radical (unpaired) electrons. The van der Waals surface area contributed by atoms with Crippen LogP contribution in [-0.4, -0.2) is 31.1 Å². The van der Waals surface area contributed by atoms with Gasteiger partial charge >= 0.3 is 0 Å². The van der Waals surface area contributed by atoms with Crippen molar-refractivity contribution in [2.75, 3.05) is 20.2 Å².